The summed E-state index contributed by atoms with van der Waals surface area (Å²) in [4.78, 5) is 23.6. The van der Waals surface area contributed by atoms with Crippen LogP contribution in [0.15, 0.2) is 93.0 Å². The highest BCUT2D eigenvalue weighted by molar-refractivity contribution is 7.89. The van der Waals surface area contributed by atoms with Gasteiger partial charge in [0.05, 0.1) is 4.90 Å². The van der Waals surface area contributed by atoms with Gasteiger partial charge in [0.15, 0.2) is 6.61 Å². The number of sulfonamides is 1. The van der Waals surface area contributed by atoms with E-state index in [0.717, 1.165) is 5.39 Å². The molecule has 0 bridgehead atoms. The third kappa shape index (κ3) is 6.52. The van der Waals surface area contributed by atoms with Gasteiger partial charge < -0.3 is 14.5 Å². The molecule has 0 aliphatic rings. The van der Waals surface area contributed by atoms with Crippen LogP contribution in [0.5, 0.6) is 5.75 Å². The average Bonchev–Trinajstić information content (AvgIpc) is 2.85. The molecule has 3 aromatic carbocycles. The van der Waals surface area contributed by atoms with Crippen LogP contribution < -0.4 is 20.4 Å². The quantitative estimate of drug-likeness (QED) is 0.344. The lowest BCUT2D eigenvalue weighted by Crippen LogP contribution is -2.28. The van der Waals surface area contributed by atoms with E-state index in [1.165, 1.54) is 42.5 Å². The average molecular weight is 497 g/mol. The highest BCUT2D eigenvalue weighted by Crippen LogP contribution is 2.19. The minimum absolute atomic E-state index is 0.0227. The number of ether oxygens (including phenoxy) is 1. The highest BCUT2D eigenvalue weighted by Gasteiger charge is 2.15. The maximum atomic E-state index is 13.3. The Balaban J connectivity index is 1.32. The first-order valence-corrected chi connectivity index (χ1v) is 12.0. The number of amides is 1. The van der Waals surface area contributed by atoms with Crippen LogP contribution in [0.25, 0.3) is 11.0 Å². The van der Waals surface area contributed by atoms with Crippen LogP contribution in [0.3, 0.4) is 0 Å². The molecule has 0 radical (unpaired) electrons. The maximum absolute atomic E-state index is 13.3. The molecule has 0 saturated heterocycles. The molecule has 0 fully saturated rings. The molecule has 1 aromatic heterocycles. The fraction of sp³-hybridized carbons (Fsp3) is 0.120. The van der Waals surface area contributed by atoms with Crippen molar-refractivity contribution in [2.45, 2.75) is 18.0 Å². The van der Waals surface area contributed by atoms with E-state index in [2.05, 4.69) is 10.0 Å². The summed E-state index contributed by atoms with van der Waals surface area (Å²) in [6.07, 6.45) is 0. The SMILES string of the molecule is O=C(COc1ccc2ccc(=O)oc2c1)NCc1cccc(S(=O)(=O)NCc2cccc(F)c2)c1. The highest BCUT2D eigenvalue weighted by atomic mass is 32.2. The van der Waals surface area contributed by atoms with E-state index >= 15 is 0 Å². The Hall–Kier alpha value is -4.02. The van der Waals surface area contributed by atoms with Crippen molar-refractivity contribution in [2.75, 3.05) is 6.61 Å². The van der Waals surface area contributed by atoms with Crippen molar-refractivity contribution in [3.63, 3.8) is 0 Å². The molecule has 0 unspecified atom stereocenters. The lowest BCUT2D eigenvalue weighted by atomic mass is 10.2. The van der Waals surface area contributed by atoms with Crippen molar-refractivity contribution in [3.8, 4) is 5.75 Å². The third-order valence-corrected chi connectivity index (χ3v) is 6.42. The Labute approximate surface area is 200 Å². The summed E-state index contributed by atoms with van der Waals surface area (Å²) in [7, 11) is -3.84. The Kier molecular flexibility index (Phi) is 7.23. The van der Waals surface area contributed by atoms with Gasteiger partial charge in [-0.2, -0.15) is 0 Å². The lowest BCUT2D eigenvalue weighted by molar-refractivity contribution is -0.123. The molecular weight excluding hydrogens is 475 g/mol. The molecule has 0 spiro atoms. The molecule has 4 aromatic rings. The number of halogens is 1. The van der Waals surface area contributed by atoms with Crippen LogP contribution in [0, 0.1) is 5.82 Å². The number of benzene rings is 3. The summed E-state index contributed by atoms with van der Waals surface area (Å²) in [6.45, 7) is -0.256. The summed E-state index contributed by atoms with van der Waals surface area (Å²) in [6, 6.07) is 19.6. The lowest BCUT2D eigenvalue weighted by Gasteiger charge is -2.10. The summed E-state index contributed by atoms with van der Waals surface area (Å²) in [5.41, 5.74) is 0.922. The molecule has 0 aliphatic carbocycles. The van der Waals surface area contributed by atoms with Crippen molar-refractivity contribution < 1.29 is 26.8 Å². The van der Waals surface area contributed by atoms with E-state index in [9.17, 15) is 22.4 Å². The van der Waals surface area contributed by atoms with E-state index in [1.54, 1.807) is 36.4 Å². The first-order chi connectivity index (χ1) is 16.8. The molecule has 180 valence electrons. The second-order valence-corrected chi connectivity index (χ2v) is 9.39. The van der Waals surface area contributed by atoms with Crippen LogP contribution >= 0.6 is 0 Å². The van der Waals surface area contributed by atoms with Gasteiger partial charge in [-0.1, -0.05) is 24.3 Å². The number of rotatable bonds is 9. The zero-order valence-electron chi connectivity index (χ0n) is 18.4. The predicted octanol–water partition coefficient (Wildman–Crippen LogP) is 3.11. The van der Waals surface area contributed by atoms with Crippen LogP contribution in [-0.4, -0.2) is 20.9 Å². The number of carbonyl (C=O) groups is 1. The summed E-state index contributed by atoms with van der Waals surface area (Å²) < 4.78 is 51.5. The Bertz CT molecular complexity index is 1530. The Morgan fingerprint density at radius 2 is 1.66 bits per heavy atom. The van der Waals surface area contributed by atoms with Crippen molar-refractivity contribution in [2.24, 2.45) is 0 Å². The van der Waals surface area contributed by atoms with E-state index in [0.29, 0.717) is 22.5 Å². The number of carbonyl (C=O) groups excluding carboxylic acids is 1. The molecular formula is C25H21FN2O6S. The minimum Gasteiger partial charge on any atom is -0.484 e. The fourth-order valence-electron chi connectivity index (χ4n) is 3.26. The summed E-state index contributed by atoms with van der Waals surface area (Å²) in [5, 5.41) is 3.39. The van der Waals surface area contributed by atoms with Gasteiger partial charge in [0.1, 0.15) is 17.1 Å². The van der Waals surface area contributed by atoms with Crippen molar-refractivity contribution in [1.82, 2.24) is 10.0 Å². The molecule has 4 rings (SSSR count). The fourth-order valence-corrected chi connectivity index (χ4v) is 4.35. The normalized spacial score (nSPS) is 11.3. The molecule has 8 nitrogen and oxygen atoms in total. The molecule has 1 heterocycles. The number of hydrogen-bond donors (Lipinski definition) is 2. The summed E-state index contributed by atoms with van der Waals surface area (Å²) in [5.74, 6) is -0.507. The van der Waals surface area contributed by atoms with Crippen molar-refractivity contribution in [3.05, 3.63) is 106 Å². The monoisotopic (exact) mass is 496 g/mol. The maximum Gasteiger partial charge on any atom is 0.336 e. The van der Waals surface area contributed by atoms with E-state index in [1.807, 2.05) is 0 Å². The molecule has 0 aliphatic heterocycles. The standard InChI is InChI=1S/C25H21FN2O6S/c26-20-5-1-3-17(11-20)15-28-35(31,32)22-6-2-4-18(12-22)14-27-24(29)16-33-21-9-7-19-8-10-25(30)34-23(19)13-21/h1-13,28H,14-16H2,(H,27,29). The van der Waals surface area contributed by atoms with E-state index in [4.69, 9.17) is 9.15 Å². The van der Waals surface area contributed by atoms with Crippen LogP contribution in [0.2, 0.25) is 0 Å². The van der Waals surface area contributed by atoms with Gasteiger partial charge in [-0.05, 0) is 53.6 Å². The van der Waals surface area contributed by atoms with Crippen molar-refractivity contribution >= 4 is 26.9 Å². The molecule has 0 atom stereocenters. The zero-order chi connectivity index (χ0) is 24.8. The third-order valence-electron chi connectivity index (χ3n) is 5.02. The number of nitrogens with one attached hydrogen (secondary N) is 2. The summed E-state index contributed by atoms with van der Waals surface area (Å²) >= 11 is 0. The van der Waals surface area contributed by atoms with Crippen molar-refractivity contribution in [1.29, 1.82) is 0 Å². The van der Waals surface area contributed by atoms with Gasteiger partial charge >= 0.3 is 5.63 Å². The second-order valence-electron chi connectivity index (χ2n) is 7.62. The van der Waals surface area contributed by atoms with Gasteiger partial charge in [-0.3, -0.25) is 4.79 Å². The van der Waals surface area contributed by atoms with Gasteiger partial charge in [0.2, 0.25) is 10.0 Å². The smallest absolute Gasteiger partial charge is 0.336 e. The zero-order valence-corrected chi connectivity index (χ0v) is 19.2. The van der Waals surface area contributed by atoms with Crippen LogP contribution in [0.1, 0.15) is 11.1 Å². The number of hydrogen-bond acceptors (Lipinski definition) is 6. The van der Waals surface area contributed by atoms with Crippen LogP contribution in [0.4, 0.5) is 4.39 Å². The second kappa shape index (κ2) is 10.5. The molecule has 2 N–H and O–H groups in total. The van der Waals surface area contributed by atoms with Crippen LogP contribution in [-0.2, 0) is 27.9 Å². The van der Waals surface area contributed by atoms with Gasteiger partial charge in [-0.25, -0.2) is 22.3 Å². The molecule has 10 heteroatoms. The first-order valence-electron chi connectivity index (χ1n) is 10.5. The molecule has 1 amide bonds. The Morgan fingerprint density at radius 1 is 0.914 bits per heavy atom. The largest absolute Gasteiger partial charge is 0.484 e. The number of fused-ring (bicyclic) bond motifs is 1. The topological polar surface area (TPSA) is 115 Å². The predicted molar refractivity (Wildman–Crippen MR) is 127 cm³/mol. The molecule has 0 saturated carbocycles. The minimum atomic E-state index is -3.84. The Morgan fingerprint density at radius 3 is 2.46 bits per heavy atom. The van der Waals surface area contributed by atoms with E-state index in [-0.39, 0.29) is 24.6 Å². The van der Waals surface area contributed by atoms with Gasteiger partial charge in [0.25, 0.3) is 5.91 Å². The van der Waals surface area contributed by atoms with Gasteiger partial charge in [0, 0.05) is 30.6 Å². The van der Waals surface area contributed by atoms with E-state index < -0.39 is 27.4 Å². The molecule has 35 heavy (non-hydrogen) atoms. The first kappa shape index (κ1) is 24.1. The van der Waals surface area contributed by atoms with Gasteiger partial charge in [-0.15, -0.1) is 0 Å².